The maximum absolute atomic E-state index is 4.66. The lowest BCUT2D eigenvalue weighted by molar-refractivity contribution is 0.312. The zero-order chi connectivity index (χ0) is 13.1. The van der Waals surface area contributed by atoms with Crippen molar-refractivity contribution in [1.29, 1.82) is 0 Å². The van der Waals surface area contributed by atoms with Gasteiger partial charge in [0.1, 0.15) is 11.6 Å². The Balaban J connectivity index is 2.17. The van der Waals surface area contributed by atoms with E-state index < -0.39 is 0 Å². The smallest absolute Gasteiger partial charge is 0.144 e. The van der Waals surface area contributed by atoms with Gasteiger partial charge in [0.2, 0.25) is 0 Å². The van der Waals surface area contributed by atoms with E-state index >= 15 is 0 Å². The van der Waals surface area contributed by atoms with Gasteiger partial charge in [-0.2, -0.15) is 0 Å². The number of rotatable bonds is 3. The molecule has 1 aliphatic rings. The van der Waals surface area contributed by atoms with E-state index in [-0.39, 0.29) is 0 Å². The number of hydrogen-bond acceptors (Lipinski definition) is 3. The molecule has 0 amide bonds. The number of aryl methyl sites for hydroxylation is 1. The highest BCUT2D eigenvalue weighted by Gasteiger charge is 2.24. The van der Waals surface area contributed by atoms with Crippen molar-refractivity contribution >= 4 is 21.7 Å². The predicted molar refractivity (Wildman–Crippen MR) is 79.0 cm³/mol. The summed E-state index contributed by atoms with van der Waals surface area (Å²) in [5.74, 6) is 3.40. The highest BCUT2D eigenvalue weighted by Crippen LogP contribution is 2.36. The standard InChI is InChI=1S/C14H22BrN3/c1-4-10-5-7-11(8-6-10)13-17-9(2)12(15)14(16-3)18-13/h10-11H,4-8H2,1-3H3,(H,16,17,18). The van der Waals surface area contributed by atoms with Gasteiger partial charge in [-0.15, -0.1) is 0 Å². The van der Waals surface area contributed by atoms with Gasteiger partial charge < -0.3 is 5.32 Å². The molecule has 100 valence electrons. The molecule has 1 fully saturated rings. The normalized spacial score (nSPS) is 24.0. The molecule has 3 nitrogen and oxygen atoms in total. The van der Waals surface area contributed by atoms with E-state index in [9.17, 15) is 0 Å². The summed E-state index contributed by atoms with van der Waals surface area (Å²) >= 11 is 3.53. The van der Waals surface area contributed by atoms with Crippen LogP contribution in [0.2, 0.25) is 0 Å². The van der Waals surface area contributed by atoms with Crippen molar-refractivity contribution in [3.63, 3.8) is 0 Å². The Morgan fingerprint density at radius 3 is 2.44 bits per heavy atom. The van der Waals surface area contributed by atoms with Gasteiger partial charge in [-0.1, -0.05) is 13.3 Å². The van der Waals surface area contributed by atoms with Gasteiger partial charge in [-0.25, -0.2) is 9.97 Å². The Labute approximate surface area is 118 Å². The zero-order valence-electron chi connectivity index (χ0n) is 11.5. The minimum atomic E-state index is 0.548. The van der Waals surface area contributed by atoms with Crippen LogP contribution in [-0.4, -0.2) is 17.0 Å². The number of aromatic nitrogens is 2. The Bertz CT molecular complexity index is 412. The zero-order valence-corrected chi connectivity index (χ0v) is 13.0. The highest BCUT2D eigenvalue weighted by molar-refractivity contribution is 9.10. The molecule has 0 saturated heterocycles. The molecule has 1 N–H and O–H groups in total. The topological polar surface area (TPSA) is 37.8 Å². The minimum absolute atomic E-state index is 0.548. The van der Waals surface area contributed by atoms with Gasteiger partial charge in [0.05, 0.1) is 10.2 Å². The lowest BCUT2D eigenvalue weighted by atomic mass is 9.80. The fourth-order valence-electron chi connectivity index (χ4n) is 2.76. The number of anilines is 1. The molecular weight excluding hydrogens is 290 g/mol. The Kier molecular flexibility index (Phi) is 4.60. The van der Waals surface area contributed by atoms with E-state index in [2.05, 4.69) is 38.1 Å². The Morgan fingerprint density at radius 2 is 1.89 bits per heavy atom. The molecule has 1 aromatic rings. The third kappa shape index (κ3) is 2.85. The summed E-state index contributed by atoms with van der Waals surface area (Å²) in [5, 5.41) is 3.14. The second-order valence-corrected chi connectivity index (χ2v) is 6.00. The van der Waals surface area contributed by atoms with Gasteiger partial charge in [-0.3, -0.25) is 0 Å². The van der Waals surface area contributed by atoms with Gasteiger partial charge in [-0.05, 0) is 54.5 Å². The number of nitrogens with zero attached hydrogens (tertiary/aromatic N) is 2. The number of hydrogen-bond donors (Lipinski definition) is 1. The van der Waals surface area contributed by atoms with Crippen LogP contribution >= 0.6 is 15.9 Å². The molecule has 0 unspecified atom stereocenters. The molecule has 2 rings (SSSR count). The fourth-order valence-corrected chi connectivity index (χ4v) is 3.13. The van der Waals surface area contributed by atoms with Crippen LogP contribution in [0.15, 0.2) is 4.47 Å². The van der Waals surface area contributed by atoms with E-state index in [0.29, 0.717) is 5.92 Å². The lowest BCUT2D eigenvalue weighted by Gasteiger charge is -2.27. The van der Waals surface area contributed by atoms with Crippen molar-refractivity contribution in [1.82, 2.24) is 9.97 Å². The van der Waals surface area contributed by atoms with E-state index in [1.807, 2.05) is 14.0 Å². The Hall–Kier alpha value is -0.640. The maximum Gasteiger partial charge on any atom is 0.144 e. The van der Waals surface area contributed by atoms with Gasteiger partial charge in [0, 0.05) is 13.0 Å². The number of nitrogens with one attached hydrogen (secondary N) is 1. The van der Waals surface area contributed by atoms with Crippen LogP contribution in [0.1, 0.15) is 56.5 Å². The first-order valence-electron chi connectivity index (χ1n) is 6.87. The average molecular weight is 312 g/mol. The van der Waals surface area contributed by atoms with E-state index in [1.54, 1.807) is 0 Å². The van der Waals surface area contributed by atoms with Crippen LogP contribution in [0, 0.1) is 12.8 Å². The Morgan fingerprint density at radius 1 is 1.22 bits per heavy atom. The van der Waals surface area contributed by atoms with Crippen molar-refractivity contribution in [3.8, 4) is 0 Å². The second kappa shape index (κ2) is 6.00. The molecule has 18 heavy (non-hydrogen) atoms. The summed E-state index contributed by atoms with van der Waals surface area (Å²) in [7, 11) is 1.91. The summed E-state index contributed by atoms with van der Waals surface area (Å²) in [6, 6.07) is 0. The van der Waals surface area contributed by atoms with Crippen molar-refractivity contribution in [3.05, 3.63) is 16.0 Å². The highest BCUT2D eigenvalue weighted by atomic mass is 79.9. The van der Waals surface area contributed by atoms with Crippen molar-refractivity contribution in [2.24, 2.45) is 5.92 Å². The van der Waals surface area contributed by atoms with Crippen LogP contribution in [-0.2, 0) is 0 Å². The van der Waals surface area contributed by atoms with Crippen LogP contribution in [0.5, 0.6) is 0 Å². The maximum atomic E-state index is 4.66. The molecule has 1 aromatic heterocycles. The van der Waals surface area contributed by atoms with Crippen molar-refractivity contribution < 1.29 is 0 Å². The molecule has 0 bridgehead atoms. The van der Waals surface area contributed by atoms with Gasteiger partial charge in [0.15, 0.2) is 0 Å². The second-order valence-electron chi connectivity index (χ2n) is 5.21. The molecular formula is C14H22BrN3. The van der Waals surface area contributed by atoms with Crippen LogP contribution in [0.4, 0.5) is 5.82 Å². The molecule has 1 aliphatic carbocycles. The predicted octanol–water partition coefficient (Wildman–Crippen LogP) is 4.27. The lowest BCUT2D eigenvalue weighted by Crippen LogP contribution is -2.16. The fraction of sp³-hybridized carbons (Fsp3) is 0.714. The molecule has 0 aliphatic heterocycles. The van der Waals surface area contributed by atoms with Crippen LogP contribution in [0.25, 0.3) is 0 Å². The monoisotopic (exact) mass is 311 g/mol. The first-order valence-corrected chi connectivity index (χ1v) is 7.66. The molecule has 0 atom stereocenters. The van der Waals surface area contributed by atoms with Crippen molar-refractivity contribution in [2.45, 2.75) is 51.9 Å². The molecule has 0 spiro atoms. The van der Waals surface area contributed by atoms with Gasteiger partial charge >= 0.3 is 0 Å². The van der Waals surface area contributed by atoms with E-state index in [1.165, 1.54) is 32.1 Å². The number of halogens is 1. The first kappa shape index (κ1) is 13.8. The molecule has 1 heterocycles. The SMILES string of the molecule is CCC1CCC(c2nc(C)c(Br)c(NC)n2)CC1. The average Bonchev–Trinajstić information content (AvgIpc) is 2.42. The third-order valence-corrected chi connectivity index (χ3v) is 5.01. The quantitative estimate of drug-likeness (QED) is 0.905. The van der Waals surface area contributed by atoms with E-state index in [4.69, 9.17) is 0 Å². The van der Waals surface area contributed by atoms with Crippen LogP contribution < -0.4 is 5.32 Å². The largest absolute Gasteiger partial charge is 0.372 e. The van der Waals surface area contributed by atoms with E-state index in [0.717, 1.165) is 27.7 Å². The summed E-state index contributed by atoms with van der Waals surface area (Å²) in [6.45, 7) is 4.33. The van der Waals surface area contributed by atoms with Crippen LogP contribution in [0.3, 0.4) is 0 Å². The summed E-state index contributed by atoms with van der Waals surface area (Å²) in [5.41, 5.74) is 1.03. The summed E-state index contributed by atoms with van der Waals surface area (Å²) in [6.07, 6.45) is 6.45. The summed E-state index contributed by atoms with van der Waals surface area (Å²) < 4.78 is 0.982. The third-order valence-electron chi connectivity index (χ3n) is 4.06. The first-order chi connectivity index (χ1) is 8.65. The molecule has 4 heteroatoms. The molecule has 0 radical (unpaired) electrons. The van der Waals surface area contributed by atoms with Gasteiger partial charge in [0.25, 0.3) is 0 Å². The molecule has 0 aromatic carbocycles. The van der Waals surface area contributed by atoms with Crippen molar-refractivity contribution in [2.75, 3.05) is 12.4 Å². The minimum Gasteiger partial charge on any atom is -0.372 e. The molecule has 1 saturated carbocycles. The summed E-state index contributed by atoms with van der Waals surface area (Å²) in [4.78, 5) is 9.31.